The van der Waals surface area contributed by atoms with Crippen molar-refractivity contribution >= 4 is 49.3 Å². The van der Waals surface area contributed by atoms with Crippen molar-refractivity contribution in [2.75, 3.05) is 4.72 Å². The Morgan fingerprint density at radius 3 is 2.63 bits per heavy atom. The van der Waals surface area contributed by atoms with Gasteiger partial charge in [0.25, 0.3) is 10.0 Å². The van der Waals surface area contributed by atoms with Crippen molar-refractivity contribution < 1.29 is 13.2 Å². The van der Waals surface area contributed by atoms with Gasteiger partial charge in [0.05, 0.1) is 3.79 Å². The Hall–Kier alpha value is -1.18. The van der Waals surface area contributed by atoms with Crippen molar-refractivity contribution in [1.82, 2.24) is 0 Å². The molecule has 0 saturated heterocycles. The van der Waals surface area contributed by atoms with Crippen LogP contribution in [-0.4, -0.2) is 14.7 Å². The summed E-state index contributed by atoms with van der Waals surface area (Å²) in [5.74, 6) is 0. The van der Waals surface area contributed by atoms with Crippen molar-refractivity contribution in [1.29, 1.82) is 0 Å². The number of benzene rings is 1. The van der Waals surface area contributed by atoms with E-state index in [-0.39, 0.29) is 4.21 Å². The van der Waals surface area contributed by atoms with E-state index in [4.69, 9.17) is 0 Å². The van der Waals surface area contributed by atoms with E-state index >= 15 is 0 Å². The number of aldehydes is 1. The second kappa shape index (κ2) is 5.44. The minimum atomic E-state index is -3.62. The largest absolute Gasteiger partial charge is 0.298 e. The maximum atomic E-state index is 12.2. The number of rotatable bonds is 4. The molecule has 0 radical (unpaired) electrons. The molecule has 2 rings (SSSR count). The van der Waals surface area contributed by atoms with Crippen LogP contribution in [0.15, 0.2) is 38.3 Å². The number of anilines is 1. The van der Waals surface area contributed by atoms with Crippen molar-refractivity contribution in [2.45, 2.75) is 11.1 Å². The van der Waals surface area contributed by atoms with Gasteiger partial charge in [-0.05, 0) is 46.6 Å². The molecule has 0 aliphatic carbocycles. The summed E-state index contributed by atoms with van der Waals surface area (Å²) in [6, 6.07) is 7.91. The molecule has 1 aromatic carbocycles. The van der Waals surface area contributed by atoms with Gasteiger partial charge >= 0.3 is 0 Å². The average molecular weight is 360 g/mol. The highest BCUT2D eigenvalue weighted by Gasteiger charge is 2.18. The smallest absolute Gasteiger partial charge is 0.271 e. The number of aryl methyl sites for hydroxylation is 1. The van der Waals surface area contributed by atoms with E-state index in [0.717, 1.165) is 20.7 Å². The van der Waals surface area contributed by atoms with Crippen LogP contribution in [0.5, 0.6) is 0 Å². The number of thiophene rings is 1. The molecular weight excluding hydrogens is 350 g/mol. The maximum Gasteiger partial charge on any atom is 0.271 e. The third-order valence-corrected chi connectivity index (χ3v) is 6.37. The first-order valence-electron chi connectivity index (χ1n) is 5.26. The fraction of sp³-hybridized carbons (Fsp3) is 0.0833. The van der Waals surface area contributed by atoms with Crippen LogP contribution in [0.25, 0.3) is 0 Å². The fourth-order valence-electron chi connectivity index (χ4n) is 1.45. The number of carbonyl (C=O) groups is 1. The minimum absolute atomic E-state index is 0.230. The summed E-state index contributed by atoms with van der Waals surface area (Å²) in [5, 5.41) is 0. The van der Waals surface area contributed by atoms with Crippen LogP contribution in [0.1, 0.15) is 15.9 Å². The zero-order valence-corrected chi connectivity index (χ0v) is 13.1. The predicted molar refractivity (Wildman–Crippen MR) is 79.4 cm³/mol. The quantitative estimate of drug-likeness (QED) is 0.850. The molecule has 19 heavy (non-hydrogen) atoms. The lowest BCUT2D eigenvalue weighted by Gasteiger charge is -2.06. The SMILES string of the molecule is Cc1cc(S(=O)(=O)Nc2cccc(C=O)c2)sc1Br. The molecule has 0 atom stereocenters. The Kier molecular flexibility index (Phi) is 4.07. The van der Waals surface area contributed by atoms with Crippen LogP contribution in [0.2, 0.25) is 0 Å². The number of nitrogens with one attached hydrogen (secondary N) is 1. The lowest BCUT2D eigenvalue weighted by molar-refractivity contribution is 0.112. The molecule has 1 aromatic heterocycles. The fourth-order valence-corrected chi connectivity index (χ4v) is 4.72. The van der Waals surface area contributed by atoms with E-state index in [2.05, 4.69) is 20.7 Å². The summed E-state index contributed by atoms with van der Waals surface area (Å²) in [7, 11) is -3.62. The van der Waals surface area contributed by atoms with Crippen LogP contribution in [0, 0.1) is 6.92 Å². The normalized spacial score (nSPS) is 11.3. The summed E-state index contributed by atoms with van der Waals surface area (Å²) < 4.78 is 27.8. The Morgan fingerprint density at radius 2 is 2.05 bits per heavy atom. The van der Waals surface area contributed by atoms with E-state index in [1.54, 1.807) is 24.3 Å². The molecule has 0 fully saturated rings. The Morgan fingerprint density at radius 1 is 1.32 bits per heavy atom. The molecule has 1 heterocycles. The number of hydrogen-bond acceptors (Lipinski definition) is 4. The van der Waals surface area contributed by atoms with E-state index in [9.17, 15) is 13.2 Å². The van der Waals surface area contributed by atoms with Crippen molar-refractivity contribution in [3.05, 3.63) is 45.2 Å². The topological polar surface area (TPSA) is 63.2 Å². The van der Waals surface area contributed by atoms with E-state index in [0.29, 0.717) is 17.5 Å². The molecular formula is C12H10BrNO3S2. The average Bonchev–Trinajstić information content (AvgIpc) is 2.70. The van der Waals surface area contributed by atoms with Crippen molar-refractivity contribution in [3.63, 3.8) is 0 Å². The van der Waals surface area contributed by atoms with Gasteiger partial charge in [-0.25, -0.2) is 8.42 Å². The van der Waals surface area contributed by atoms with Gasteiger partial charge in [0.15, 0.2) is 0 Å². The third kappa shape index (κ3) is 3.23. The zero-order chi connectivity index (χ0) is 14.0. The van der Waals surface area contributed by atoms with Crippen molar-refractivity contribution in [3.8, 4) is 0 Å². The number of hydrogen-bond donors (Lipinski definition) is 1. The molecule has 2 aromatic rings. The molecule has 0 amide bonds. The van der Waals surface area contributed by atoms with Gasteiger partial charge in [-0.3, -0.25) is 9.52 Å². The molecule has 0 unspecified atom stereocenters. The van der Waals surface area contributed by atoms with Gasteiger partial charge in [-0.15, -0.1) is 11.3 Å². The van der Waals surface area contributed by atoms with Gasteiger partial charge in [0.2, 0.25) is 0 Å². The molecule has 4 nitrogen and oxygen atoms in total. The summed E-state index contributed by atoms with van der Waals surface area (Å²) in [5.41, 5.74) is 1.66. The Labute approximate surface area is 123 Å². The standard InChI is InChI=1S/C12H10BrNO3S2/c1-8-5-11(18-12(8)13)19(16,17)14-10-4-2-3-9(6-10)7-15/h2-7,14H,1H3. The molecule has 0 bridgehead atoms. The summed E-state index contributed by atoms with van der Waals surface area (Å²) in [6.07, 6.45) is 0.670. The summed E-state index contributed by atoms with van der Waals surface area (Å²) in [6.45, 7) is 1.83. The number of carbonyl (C=O) groups excluding carboxylic acids is 1. The lowest BCUT2D eigenvalue weighted by Crippen LogP contribution is -2.11. The third-order valence-electron chi connectivity index (χ3n) is 2.37. The van der Waals surface area contributed by atoms with Crippen LogP contribution < -0.4 is 4.72 Å². The number of halogens is 1. The van der Waals surface area contributed by atoms with Crippen LogP contribution >= 0.6 is 27.3 Å². The minimum Gasteiger partial charge on any atom is -0.298 e. The first kappa shape index (κ1) is 14.2. The predicted octanol–water partition coefficient (Wildman–Crippen LogP) is 3.43. The summed E-state index contributed by atoms with van der Waals surface area (Å²) in [4.78, 5) is 10.7. The highest BCUT2D eigenvalue weighted by molar-refractivity contribution is 9.11. The van der Waals surface area contributed by atoms with E-state index in [1.165, 1.54) is 6.07 Å². The van der Waals surface area contributed by atoms with Gasteiger partial charge in [0.1, 0.15) is 10.5 Å². The Bertz CT molecular complexity index is 703. The molecule has 1 N–H and O–H groups in total. The molecule has 0 aliphatic heterocycles. The Balaban J connectivity index is 2.33. The van der Waals surface area contributed by atoms with Gasteiger partial charge < -0.3 is 0 Å². The highest BCUT2D eigenvalue weighted by atomic mass is 79.9. The van der Waals surface area contributed by atoms with Crippen LogP contribution in [0.4, 0.5) is 5.69 Å². The van der Waals surface area contributed by atoms with Crippen LogP contribution in [-0.2, 0) is 10.0 Å². The first-order valence-corrected chi connectivity index (χ1v) is 8.35. The molecule has 0 aliphatic rings. The second-order valence-electron chi connectivity index (χ2n) is 3.87. The zero-order valence-electron chi connectivity index (χ0n) is 9.88. The summed E-state index contributed by atoms with van der Waals surface area (Å²) >= 11 is 4.44. The lowest BCUT2D eigenvalue weighted by atomic mass is 10.2. The van der Waals surface area contributed by atoms with Gasteiger partial charge in [-0.1, -0.05) is 12.1 Å². The van der Waals surface area contributed by atoms with Crippen molar-refractivity contribution in [2.24, 2.45) is 0 Å². The molecule has 0 saturated carbocycles. The van der Waals surface area contributed by atoms with Gasteiger partial charge in [0, 0.05) is 11.3 Å². The first-order chi connectivity index (χ1) is 8.92. The molecule has 100 valence electrons. The van der Waals surface area contributed by atoms with Gasteiger partial charge in [-0.2, -0.15) is 0 Å². The van der Waals surface area contributed by atoms with E-state index in [1.807, 2.05) is 6.92 Å². The van der Waals surface area contributed by atoms with Crippen LogP contribution in [0.3, 0.4) is 0 Å². The monoisotopic (exact) mass is 359 g/mol. The van der Waals surface area contributed by atoms with E-state index < -0.39 is 10.0 Å². The molecule has 0 spiro atoms. The second-order valence-corrected chi connectivity index (χ2v) is 8.15. The maximum absolute atomic E-state index is 12.2. The highest BCUT2D eigenvalue weighted by Crippen LogP contribution is 2.31. The number of sulfonamides is 1. The molecule has 7 heteroatoms.